The van der Waals surface area contributed by atoms with Crippen molar-refractivity contribution < 1.29 is 14.6 Å². The molecule has 0 bridgehead atoms. The fraction of sp³-hybridized carbons (Fsp3) is 0.235. The first-order chi connectivity index (χ1) is 10.5. The molecule has 0 aliphatic rings. The lowest BCUT2D eigenvalue weighted by atomic mass is 10.1. The molecule has 0 fully saturated rings. The van der Waals surface area contributed by atoms with E-state index < -0.39 is 6.10 Å². The molecule has 5 heteroatoms. The Balaban J connectivity index is 1.96. The molecular weight excluding hydrogens is 302 g/mol. The molecule has 4 nitrogen and oxygen atoms in total. The van der Waals surface area contributed by atoms with Crippen LogP contribution in [0.25, 0.3) is 0 Å². The number of aliphatic hydroxyl groups excluding tert-OH is 1. The van der Waals surface area contributed by atoms with E-state index in [1.165, 1.54) is 0 Å². The van der Waals surface area contributed by atoms with Gasteiger partial charge in [-0.2, -0.15) is 0 Å². The van der Waals surface area contributed by atoms with Gasteiger partial charge in [0.1, 0.15) is 5.75 Å². The molecular formula is C17H18ClNO3. The number of amides is 1. The summed E-state index contributed by atoms with van der Waals surface area (Å²) in [5.74, 6) is 0.190. The highest BCUT2D eigenvalue weighted by molar-refractivity contribution is 6.32. The van der Waals surface area contributed by atoms with E-state index >= 15 is 0 Å². The van der Waals surface area contributed by atoms with Gasteiger partial charge in [0.05, 0.1) is 11.1 Å². The van der Waals surface area contributed by atoms with Crippen LogP contribution < -0.4 is 10.1 Å². The quantitative estimate of drug-likeness (QED) is 0.883. The Hall–Kier alpha value is -2.04. The number of rotatable bonds is 5. The molecule has 0 spiro atoms. The van der Waals surface area contributed by atoms with Gasteiger partial charge < -0.3 is 15.2 Å². The van der Waals surface area contributed by atoms with E-state index in [-0.39, 0.29) is 12.5 Å². The van der Waals surface area contributed by atoms with Crippen molar-refractivity contribution in [2.45, 2.75) is 20.0 Å². The molecule has 116 valence electrons. The predicted molar refractivity (Wildman–Crippen MR) is 87.4 cm³/mol. The Morgan fingerprint density at radius 3 is 2.82 bits per heavy atom. The lowest BCUT2D eigenvalue weighted by Crippen LogP contribution is -2.20. The molecule has 0 heterocycles. The van der Waals surface area contributed by atoms with Gasteiger partial charge in [-0.05, 0) is 49.2 Å². The highest BCUT2D eigenvalue weighted by atomic mass is 35.5. The first kappa shape index (κ1) is 16.3. The number of ether oxygens (including phenoxy) is 1. The van der Waals surface area contributed by atoms with E-state index in [4.69, 9.17) is 16.3 Å². The maximum atomic E-state index is 11.9. The minimum atomic E-state index is -0.584. The molecule has 1 amide bonds. The second kappa shape index (κ2) is 7.29. The highest BCUT2D eigenvalue weighted by Crippen LogP contribution is 2.25. The molecule has 2 aromatic rings. The van der Waals surface area contributed by atoms with Gasteiger partial charge in [-0.1, -0.05) is 29.8 Å². The minimum Gasteiger partial charge on any atom is -0.482 e. The van der Waals surface area contributed by atoms with Gasteiger partial charge in [0.2, 0.25) is 0 Å². The number of hydrogen-bond donors (Lipinski definition) is 2. The van der Waals surface area contributed by atoms with Crippen LogP contribution in [0.15, 0.2) is 42.5 Å². The molecule has 0 aliphatic heterocycles. The van der Waals surface area contributed by atoms with Crippen LogP contribution in [0.5, 0.6) is 5.75 Å². The van der Waals surface area contributed by atoms with Gasteiger partial charge in [-0.25, -0.2) is 0 Å². The molecule has 2 rings (SSSR count). The number of anilines is 1. The fourth-order valence-corrected chi connectivity index (χ4v) is 2.11. The molecule has 0 aliphatic carbocycles. The first-order valence-corrected chi connectivity index (χ1v) is 7.30. The Kier molecular flexibility index (Phi) is 5.41. The van der Waals surface area contributed by atoms with Gasteiger partial charge in [0.25, 0.3) is 5.91 Å². The van der Waals surface area contributed by atoms with E-state index in [1.807, 2.05) is 13.0 Å². The van der Waals surface area contributed by atoms with Gasteiger partial charge in [-0.15, -0.1) is 0 Å². The SMILES string of the molecule is Cc1ccc(Cl)c(OCC(=O)Nc2cccc(C(C)O)c2)c1. The summed E-state index contributed by atoms with van der Waals surface area (Å²) in [6.45, 7) is 3.46. The van der Waals surface area contributed by atoms with Crippen LogP contribution in [-0.4, -0.2) is 17.6 Å². The largest absolute Gasteiger partial charge is 0.482 e. The number of hydrogen-bond acceptors (Lipinski definition) is 3. The molecule has 0 aromatic heterocycles. The molecule has 22 heavy (non-hydrogen) atoms. The van der Waals surface area contributed by atoms with Crippen LogP contribution in [0.1, 0.15) is 24.2 Å². The minimum absolute atomic E-state index is 0.137. The maximum Gasteiger partial charge on any atom is 0.262 e. The third-order valence-electron chi connectivity index (χ3n) is 3.10. The van der Waals surface area contributed by atoms with Crippen LogP contribution in [-0.2, 0) is 4.79 Å². The van der Waals surface area contributed by atoms with Gasteiger partial charge in [0, 0.05) is 5.69 Å². The zero-order chi connectivity index (χ0) is 16.1. The Morgan fingerprint density at radius 2 is 2.09 bits per heavy atom. The van der Waals surface area contributed by atoms with E-state index in [9.17, 15) is 9.90 Å². The lowest BCUT2D eigenvalue weighted by Gasteiger charge is -2.11. The second-order valence-corrected chi connectivity index (χ2v) is 5.48. The van der Waals surface area contributed by atoms with Crippen LogP contribution >= 0.6 is 11.6 Å². The molecule has 0 saturated carbocycles. The number of aryl methyl sites for hydroxylation is 1. The van der Waals surface area contributed by atoms with Crippen molar-refractivity contribution in [3.8, 4) is 5.75 Å². The standard InChI is InChI=1S/C17H18ClNO3/c1-11-6-7-15(18)16(8-11)22-10-17(21)19-14-5-3-4-13(9-14)12(2)20/h3-9,12,20H,10H2,1-2H3,(H,19,21). The summed E-state index contributed by atoms with van der Waals surface area (Å²) >= 11 is 6.01. The summed E-state index contributed by atoms with van der Waals surface area (Å²) in [5, 5.41) is 12.7. The van der Waals surface area contributed by atoms with Gasteiger partial charge in [0.15, 0.2) is 6.61 Å². The van der Waals surface area contributed by atoms with Crippen molar-refractivity contribution in [3.63, 3.8) is 0 Å². The zero-order valence-corrected chi connectivity index (χ0v) is 13.2. The van der Waals surface area contributed by atoms with Crippen LogP contribution in [0, 0.1) is 6.92 Å². The molecule has 0 saturated heterocycles. The van der Waals surface area contributed by atoms with Crippen LogP contribution in [0.2, 0.25) is 5.02 Å². The number of carbonyl (C=O) groups is 1. The monoisotopic (exact) mass is 319 g/mol. The fourth-order valence-electron chi connectivity index (χ4n) is 1.94. The van der Waals surface area contributed by atoms with Crippen molar-refractivity contribution in [1.29, 1.82) is 0 Å². The van der Waals surface area contributed by atoms with Crippen molar-refractivity contribution in [3.05, 3.63) is 58.6 Å². The smallest absolute Gasteiger partial charge is 0.262 e. The summed E-state index contributed by atoms with van der Waals surface area (Å²) in [6, 6.07) is 12.4. The van der Waals surface area contributed by atoms with Crippen molar-refractivity contribution in [1.82, 2.24) is 0 Å². The average Bonchev–Trinajstić information content (AvgIpc) is 2.48. The van der Waals surface area contributed by atoms with E-state index in [0.717, 1.165) is 11.1 Å². The zero-order valence-electron chi connectivity index (χ0n) is 12.5. The first-order valence-electron chi connectivity index (χ1n) is 6.92. The summed E-state index contributed by atoms with van der Waals surface area (Å²) in [7, 11) is 0. The third kappa shape index (κ3) is 4.48. The Bertz CT molecular complexity index is 671. The highest BCUT2D eigenvalue weighted by Gasteiger charge is 2.08. The van der Waals surface area contributed by atoms with Crippen molar-refractivity contribution in [2.24, 2.45) is 0 Å². The van der Waals surface area contributed by atoms with E-state index in [1.54, 1.807) is 43.3 Å². The normalized spacial score (nSPS) is 11.8. The van der Waals surface area contributed by atoms with Crippen LogP contribution in [0.4, 0.5) is 5.69 Å². The Labute approximate surface area is 134 Å². The number of nitrogens with one attached hydrogen (secondary N) is 1. The maximum absolute atomic E-state index is 11.9. The molecule has 2 N–H and O–H groups in total. The lowest BCUT2D eigenvalue weighted by molar-refractivity contribution is -0.118. The molecule has 1 unspecified atom stereocenters. The van der Waals surface area contributed by atoms with E-state index in [0.29, 0.717) is 16.5 Å². The Morgan fingerprint density at radius 1 is 1.32 bits per heavy atom. The number of halogens is 1. The topological polar surface area (TPSA) is 58.6 Å². The summed E-state index contributed by atoms with van der Waals surface area (Å²) in [5.41, 5.74) is 2.35. The number of carbonyl (C=O) groups excluding carboxylic acids is 1. The third-order valence-corrected chi connectivity index (χ3v) is 3.41. The summed E-state index contributed by atoms with van der Waals surface area (Å²) in [4.78, 5) is 11.9. The van der Waals surface area contributed by atoms with E-state index in [2.05, 4.69) is 5.32 Å². The predicted octanol–water partition coefficient (Wildman–Crippen LogP) is 3.72. The number of benzene rings is 2. The van der Waals surface area contributed by atoms with Crippen molar-refractivity contribution >= 4 is 23.2 Å². The van der Waals surface area contributed by atoms with Crippen molar-refractivity contribution in [2.75, 3.05) is 11.9 Å². The van der Waals surface area contributed by atoms with Gasteiger partial charge >= 0.3 is 0 Å². The summed E-state index contributed by atoms with van der Waals surface area (Å²) in [6.07, 6.45) is -0.584. The van der Waals surface area contributed by atoms with Crippen LogP contribution in [0.3, 0.4) is 0 Å². The number of aliphatic hydroxyl groups is 1. The molecule has 2 aromatic carbocycles. The summed E-state index contributed by atoms with van der Waals surface area (Å²) < 4.78 is 5.44. The molecule has 0 radical (unpaired) electrons. The van der Waals surface area contributed by atoms with Gasteiger partial charge in [-0.3, -0.25) is 4.79 Å². The second-order valence-electron chi connectivity index (χ2n) is 5.07. The average molecular weight is 320 g/mol. The molecule has 1 atom stereocenters.